The lowest BCUT2D eigenvalue weighted by Gasteiger charge is -2.30. The number of carbonyl (C=O) groups excluding carboxylic acids is 1. The van der Waals surface area contributed by atoms with Crippen LogP contribution < -0.4 is 14.4 Å². The Balaban J connectivity index is 1.66. The van der Waals surface area contributed by atoms with Gasteiger partial charge in [-0.25, -0.2) is 8.42 Å². The van der Waals surface area contributed by atoms with Crippen LogP contribution in [0.1, 0.15) is 29.3 Å². The number of carbonyl (C=O) groups is 1. The fraction of sp³-hybridized carbons (Fsp3) is 0.208. The summed E-state index contributed by atoms with van der Waals surface area (Å²) in [6.07, 6.45) is 1.70. The van der Waals surface area contributed by atoms with E-state index in [0.29, 0.717) is 30.2 Å². The Kier molecular flexibility index (Phi) is 5.95. The molecule has 1 heterocycles. The minimum absolute atomic E-state index is 0.0757. The first-order valence-electron chi connectivity index (χ1n) is 10.2. The van der Waals surface area contributed by atoms with Gasteiger partial charge in [-0.1, -0.05) is 36.4 Å². The highest BCUT2D eigenvalue weighted by molar-refractivity contribution is 7.92. The van der Waals surface area contributed by atoms with Crippen molar-refractivity contribution in [1.29, 1.82) is 0 Å². The maximum Gasteiger partial charge on any atom is 0.265 e. The SMILES string of the molecule is CCOc1ccccc1S(=O)(=O)Nc1ccc2c(c1)N(C(=O)c1ccccc1)CCC2. The van der Waals surface area contributed by atoms with Gasteiger partial charge in [-0.3, -0.25) is 9.52 Å². The normalized spacial score (nSPS) is 13.4. The van der Waals surface area contributed by atoms with Crippen molar-refractivity contribution in [3.63, 3.8) is 0 Å². The molecular weight excluding hydrogens is 412 g/mol. The second-order valence-corrected chi connectivity index (χ2v) is 8.91. The van der Waals surface area contributed by atoms with Crippen LogP contribution in [0.3, 0.4) is 0 Å². The molecule has 160 valence electrons. The molecule has 7 heteroatoms. The first kappa shape index (κ1) is 20.9. The summed E-state index contributed by atoms with van der Waals surface area (Å²) in [4.78, 5) is 14.9. The molecule has 1 aliphatic rings. The first-order chi connectivity index (χ1) is 15.0. The van der Waals surface area contributed by atoms with Gasteiger partial charge in [0.2, 0.25) is 0 Å². The Morgan fingerprint density at radius 3 is 2.55 bits per heavy atom. The molecule has 0 unspecified atom stereocenters. The molecule has 0 fully saturated rings. The number of rotatable bonds is 6. The van der Waals surface area contributed by atoms with E-state index in [1.54, 1.807) is 54.3 Å². The number of anilines is 2. The van der Waals surface area contributed by atoms with Crippen LogP contribution in [0.15, 0.2) is 77.7 Å². The summed E-state index contributed by atoms with van der Waals surface area (Å²) in [7, 11) is -3.86. The number of para-hydroxylation sites is 1. The number of benzene rings is 3. The highest BCUT2D eigenvalue weighted by Crippen LogP contribution is 2.33. The molecule has 1 aliphatic heterocycles. The number of aryl methyl sites for hydroxylation is 1. The highest BCUT2D eigenvalue weighted by Gasteiger charge is 2.25. The van der Waals surface area contributed by atoms with Gasteiger partial charge in [0.15, 0.2) is 0 Å². The Labute approximate surface area is 182 Å². The van der Waals surface area contributed by atoms with Crippen molar-refractivity contribution in [1.82, 2.24) is 0 Å². The molecule has 1 amide bonds. The molecule has 31 heavy (non-hydrogen) atoms. The molecule has 0 radical (unpaired) electrons. The predicted octanol–water partition coefficient (Wildman–Crippen LogP) is 4.48. The molecule has 4 rings (SSSR count). The molecule has 3 aromatic carbocycles. The Morgan fingerprint density at radius 1 is 1.03 bits per heavy atom. The molecule has 0 aliphatic carbocycles. The molecule has 3 aromatic rings. The maximum atomic E-state index is 13.1. The monoisotopic (exact) mass is 436 g/mol. The zero-order valence-corrected chi connectivity index (χ0v) is 18.1. The smallest absolute Gasteiger partial charge is 0.265 e. The summed E-state index contributed by atoms with van der Waals surface area (Å²) in [5.41, 5.74) is 2.76. The Morgan fingerprint density at radius 2 is 1.77 bits per heavy atom. The van der Waals surface area contributed by atoms with Crippen molar-refractivity contribution >= 4 is 27.3 Å². The van der Waals surface area contributed by atoms with Crippen LogP contribution in [0.2, 0.25) is 0 Å². The van der Waals surface area contributed by atoms with Gasteiger partial charge in [0.05, 0.1) is 12.3 Å². The van der Waals surface area contributed by atoms with Crippen molar-refractivity contribution < 1.29 is 17.9 Å². The number of amides is 1. The van der Waals surface area contributed by atoms with Gasteiger partial charge in [0, 0.05) is 17.8 Å². The van der Waals surface area contributed by atoms with E-state index in [0.717, 1.165) is 24.1 Å². The molecule has 0 aromatic heterocycles. The third-order valence-corrected chi connectivity index (χ3v) is 6.58. The summed E-state index contributed by atoms with van der Waals surface area (Å²) in [6.45, 7) is 2.75. The van der Waals surface area contributed by atoms with E-state index in [1.807, 2.05) is 24.3 Å². The number of hydrogen-bond donors (Lipinski definition) is 1. The quantitative estimate of drug-likeness (QED) is 0.618. The molecule has 6 nitrogen and oxygen atoms in total. The molecule has 0 bridgehead atoms. The fourth-order valence-electron chi connectivity index (χ4n) is 3.74. The molecule has 0 saturated carbocycles. The number of fused-ring (bicyclic) bond motifs is 1. The van der Waals surface area contributed by atoms with E-state index in [-0.39, 0.29) is 10.8 Å². The van der Waals surface area contributed by atoms with E-state index in [2.05, 4.69) is 4.72 Å². The van der Waals surface area contributed by atoms with Crippen molar-refractivity contribution in [2.75, 3.05) is 22.8 Å². The largest absolute Gasteiger partial charge is 0.492 e. The van der Waals surface area contributed by atoms with Gasteiger partial charge in [0.25, 0.3) is 15.9 Å². The van der Waals surface area contributed by atoms with E-state index >= 15 is 0 Å². The third kappa shape index (κ3) is 4.41. The molecular formula is C24H24N2O4S. The summed E-state index contributed by atoms with van der Waals surface area (Å²) >= 11 is 0. The standard InChI is InChI=1S/C24H24N2O4S/c1-2-30-22-12-6-7-13-23(22)31(28,29)25-20-15-14-18-11-8-16-26(21(18)17-20)24(27)19-9-4-3-5-10-19/h3-7,9-10,12-15,17,25H,2,8,11,16H2,1H3. The van der Waals surface area contributed by atoms with Gasteiger partial charge in [0.1, 0.15) is 10.6 Å². The van der Waals surface area contributed by atoms with Gasteiger partial charge < -0.3 is 9.64 Å². The number of hydrogen-bond acceptors (Lipinski definition) is 4. The van der Waals surface area contributed by atoms with Crippen LogP contribution >= 0.6 is 0 Å². The lowest BCUT2D eigenvalue weighted by Crippen LogP contribution is -2.35. The topological polar surface area (TPSA) is 75.7 Å². The van der Waals surface area contributed by atoms with E-state index in [9.17, 15) is 13.2 Å². The molecule has 0 spiro atoms. The van der Waals surface area contributed by atoms with Crippen LogP contribution in [0.4, 0.5) is 11.4 Å². The zero-order valence-electron chi connectivity index (χ0n) is 17.2. The van der Waals surface area contributed by atoms with Gasteiger partial charge >= 0.3 is 0 Å². The van der Waals surface area contributed by atoms with Crippen LogP contribution in [-0.2, 0) is 16.4 Å². The maximum absolute atomic E-state index is 13.1. The number of nitrogens with zero attached hydrogens (tertiary/aromatic N) is 1. The minimum Gasteiger partial charge on any atom is -0.492 e. The third-order valence-electron chi connectivity index (χ3n) is 5.16. The Hall–Kier alpha value is -3.32. The average molecular weight is 437 g/mol. The van der Waals surface area contributed by atoms with Crippen molar-refractivity contribution in [3.05, 3.63) is 83.9 Å². The summed E-state index contributed by atoms with van der Waals surface area (Å²) in [6, 6.07) is 21.0. The first-order valence-corrected chi connectivity index (χ1v) is 11.7. The summed E-state index contributed by atoms with van der Waals surface area (Å²) in [5.74, 6) is 0.208. The lowest BCUT2D eigenvalue weighted by molar-refractivity contribution is 0.0985. The average Bonchev–Trinajstić information content (AvgIpc) is 2.79. The van der Waals surface area contributed by atoms with E-state index < -0.39 is 10.0 Å². The summed E-state index contributed by atoms with van der Waals surface area (Å²) < 4.78 is 34.2. The van der Waals surface area contributed by atoms with Gasteiger partial charge in [-0.15, -0.1) is 0 Å². The van der Waals surface area contributed by atoms with Crippen LogP contribution in [0, 0.1) is 0 Å². The van der Waals surface area contributed by atoms with E-state index in [4.69, 9.17) is 4.74 Å². The van der Waals surface area contributed by atoms with Crippen molar-refractivity contribution in [2.45, 2.75) is 24.7 Å². The zero-order chi connectivity index (χ0) is 21.8. The number of ether oxygens (including phenoxy) is 1. The molecule has 0 atom stereocenters. The van der Waals surface area contributed by atoms with Crippen LogP contribution in [-0.4, -0.2) is 27.5 Å². The number of sulfonamides is 1. The van der Waals surface area contributed by atoms with Crippen LogP contribution in [0.5, 0.6) is 5.75 Å². The highest BCUT2D eigenvalue weighted by atomic mass is 32.2. The second-order valence-electron chi connectivity index (χ2n) is 7.26. The predicted molar refractivity (Wildman–Crippen MR) is 121 cm³/mol. The lowest BCUT2D eigenvalue weighted by atomic mass is 10.00. The molecule has 0 saturated heterocycles. The van der Waals surface area contributed by atoms with Gasteiger partial charge in [-0.05, 0) is 61.7 Å². The van der Waals surface area contributed by atoms with Gasteiger partial charge in [-0.2, -0.15) is 0 Å². The minimum atomic E-state index is -3.86. The van der Waals surface area contributed by atoms with E-state index in [1.165, 1.54) is 6.07 Å². The van der Waals surface area contributed by atoms with Crippen molar-refractivity contribution in [3.8, 4) is 5.75 Å². The Bertz CT molecular complexity index is 1190. The van der Waals surface area contributed by atoms with Crippen molar-refractivity contribution in [2.24, 2.45) is 0 Å². The molecule has 1 N–H and O–H groups in total. The second kappa shape index (κ2) is 8.81. The number of nitrogens with one attached hydrogen (secondary N) is 1. The fourth-order valence-corrected chi connectivity index (χ4v) is 4.94. The van der Waals surface area contributed by atoms with Crippen LogP contribution in [0.25, 0.3) is 0 Å². The summed E-state index contributed by atoms with van der Waals surface area (Å²) in [5, 5.41) is 0.